The van der Waals surface area contributed by atoms with Gasteiger partial charge in [-0.05, 0) is 27.8 Å². The molecule has 0 N–H and O–H groups in total. The fourth-order valence-electron chi connectivity index (χ4n) is 2.05. The van der Waals surface area contributed by atoms with Crippen molar-refractivity contribution in [2.45, 2.75) is 39.3 Å². The third-order valence-electron chi connectivity index (χ3n) is 2.76. The Bertz CT molecular complexity index is 333. The van der Waals surface area contributed by atoms with E-state index in [1.807, 2.05) is 6.20 Å². The van der Waals surface area contributed by atoms with Crippen LogP contribution in [0.5, 0.6) is 0 Å². The van der Waals surface area contributed by atoms with Gasteiger partial charge in [-0.3, -0.25) is 4.68 Å². The maximum Gasteiger partial charge on any atom is 0.0546 e. The van der Waals surface area contributed by atoms with Crippen molar-refractivity contribution in [2.75, 3.05) is 13.6 Å². The van der Waals surface area contributed by atoms with Crippen LogP contribution in [-0.4, -0.2) is 28.3 Å². The number of hydrogen-bond donors (Lipinski definition) is 0. The molecule has 3 nitrogen and oxygen atoms in total. The molecule has 3 heteroatoms. The second-order valence-electron chi connectivity index (χ2n) is 5.19. The zero-order chi connectivity index (χ0) is 10.3. The molecule has 1 aromatic heterocycles. The molecule has 0 saturated heterocycles. The van der Waals surface area contributed by atoms with E-state index in [9.17, 15) is 0 Å². The van der Waals surface area contributed by atoms with Crippen LogP contribution in [0.1, 0.15) is 32.0 Å². The molecule has 0 aliphatic carbocycles. The van der Waals surface area contributed by atoms with Gasteiger partial charge in [0, 0.05) is 30.8 Å². The molecule has 2 heterocycles. The molecule has 0 unspecified atom stereocenters. The second kappa shape index (κ2) is 3.09. The third-order valence-corrected chi connectivity index (χ3v) is 2.76. The highest BCUT2D eigenvalue weighted by molar-refractivity contribution is 5.21. The first kappa shape index (κ1) is 9.71. The number of aromatic nitrogens is 2. The van der Waals surface area contributed by atoms with E-state index in [1.165, 1.54) is 11.3 Å². The van der Waals surface area contributed by atoms with Crippen LogP contribution < -0.4 is 0 Å². The van der Waals surface area contributed by atoms with Crippen molar-refractivity contribution < 1.29 is 0 Å². The summed E-state index contributed by atoms with van der Waals surface area (Å²) >= 11 is 0. The van der Waals surface area contributed by atoms with Crippen molar-refractivity contribution in [2.24, 2.45) is 0 Å². The maximum atomic E-state index is 4.49. The van der Waals surface area contributed by atoms with E-state index >= 15 is 0 Å². The van der Waals surface area contributed by atoms with E-state index in [0.717, 1.165) is 19.5 Å². The molecular formula is C11H19N3. The van der Waals surface area contributed by atoms with Crippen LogP contribution in [-0.2, 0) is 18.5 Å². The number of likely N-dealkylation sites (N-methyl/N-ethyl adjacent to an activating group) is 1. The SMILES string of the molecule is CN1CCc2c(cnn2C(C)(C)C)C1. The summed E-state index contributed by atoms with van der Waals surface area (Å²) in [4.78, 5) is 2.34. The first-order valence-corrected chi connectivity index (χ1v) is 5.23. The quantitative estimate of drug-likeness (QED) is 0.624. The van der Waals surface area contributed by atoms with Gasteiger partial charge < -0.3 is 4.90 Å². The fourth-order valence-corrected chi connectivity index (χ4v) is 2.05. The van der Waals surface area contributed by atoms with Crippen LogP contribution in [0.2, 0.25) is 0 Å². The van der Waals surface area contributed by atoms with Crippen LogP contribution >= 0.6 is 0 Å². The molecule has 0 spiro atoms. The van der Waals surface area contributed by atoms with E-state index in [-0.39, 0.29) is 5.54 Å². The number of nitrogens with zero attached hydrogens (tertiary/aromatic N) is 3. The van der Waals surface area contributed by atoms with Crippen LogP contribution in [0, 0.1) is 0 Å². The van der Waals surface area contributed by atoms with Gasteiger partial charge in [-0.2, -0.15) is 5.10 Å². The molecule has 0 bridgehead atoms. The molecule has 1 aliphatic heterocycles. The van der Waals surface area contributed by atoms with Crippen molar-refractivity contribution in [3.63, 3.8) is 0 Å². The molecule has 1 aromatic rings. The van der Waals surface area contributed by atoms with Crippen LogP contribution in [0.3, 0.4) is 0 Å². The largest absolute Gasteiger partial charge is 0.302 e. The van der Waals surface area contributed by atoms with E-state index in [4.69, 9.17) is 0 Å². The van der Waals surface area contributed by atoms with Crippen molar-refractivity contribution in [3.05, 3.63) is 17.5 Å². The number of fused-ring (bicyclic) bond motifs is 1. The Hall–Kier alpha value is -0.830. The lowest BCUT2D eigenvalue weighted by Crippen LogP contribution is -2.31. The standard InChI is InChI=1S/C11H19N3/c1-11(2,3)14-10-5-6-13(4)8-9(10)7-12-14/h7H,5-6,8H2,1-4H3. The molecule has 0 fully saturated rings. The number of rotatable bonds is 0. The summed E-state index contributed by atoms with van der Waals surface area (Å²) in [5.74, 6) is 0. The van der Waals surface area contributed by atoms with Gasteiger partial charge in [0.15, 0.2) is 0 Å². The Kier molecular flexibility index (Phi) is 2.14. The molecule has 78 valence electrons. The van der Waals surface area contributed by atoms with Gasteiger partial charge >= 0.3 is 0 Å². The normalized spacial score (nSPS) is 18.3. The van der Waals surface area contributed by atoms with Gasteiger partial charge in [-0.25, -0.2) is 0 Å². The molecule has 0 amide bonds. The first-order chi connectivity index (χ1) is 6.48. The lowest BCUT2D eigenvalue weighted by Gasteiger charge is -2.27. The van der Waals surface area contributed by atoms with Crippen molar-refractivity contribution in [1.82, 2.24) is 14.7 Å². The lowest BCUT2D eigenvalue weighted by molar-refractivity contribution is 0.288. The predicted octanol–water partition coefficient (Wildman–Crippen LogP) is 1.63. The summed E-state index contributed by atoms with van der Waals surface area (Å²) in [5, 5.41) is 4.49. The van der Waals surface area contributed by atoms with Crippen molar-refractivity contribution in [3.8, 4) is 0 Å². The van der Waals surface area contributed by atoms with Crippen molar-refractivity contribution in [1.29, 1.82) is 0 Å². The topological polar surface area (TPSA) is 21.1 Å². The average Bonchev–Trinajstić information content (AvgIpc) is 2.45. The average molecular weight is 193 g/mol. The van der Waals surface area contributed by atoms with E-state index in [0.29, 0.717) is 0 Å². The zero-order valence-electron chi connectivity index (χ0n) is 9.54. The van der Waals surface area contributed by atoms with Gasteiger partial charge in [-0.15, -0.1) is 0 Å². The van der Waals surface area contributed by atoms with Gasteiger partial charge in [0.1, 0.15) is 0 Å². The van der Waals surface area contributed by atoms with Gasteiger partial charge in [-0.1, -0.05) is 0 Å². The molecule has 1 aliphatic rings. The molecular weight excluding hydrogens is 174 g/mol. The summed E-state index contributed by atoms with van der Waals surface area (Å²) < 4.78 is 2.18. The van der Waals surface area contributed by atoms with E-state index in [1.54, 1.807) is 0 Å². The molecule has 0 atom stereocenters. The smallest absolute Gasteiger partial charge is 0.0546 e. The highest BCUT2D eigenvalue weighted by Crippen LogP contribution is 2.23. The summed E-state index contributed by atoms with van der Waals surface area (Å²) in [6.45, 7) is 8.82. The van der Waals surface area contributed by atoms with Gasteiger partial charge in [0.2, 0.25) is 0 Å². The minimum absolute atomic E-state index is 0.115. The summed E-state index contributed by atoms with van der Waals surface area (Å²) in [6, 6.07) is 0. The highest BCUT2D eigenvalue weighted by Gasteiger charge is 2.23. The second-order valence-corrected chi connectivity index (χ2v) is 5.19. The Labute approximate surface area is 85.7 Å². The summed E-state index contributed by atoms with van der Waals surface area (Å²) in [5.41, 5.74) is 2.94. The highest BCUT2D eigenvalue weighted by atomic mass is 15.3. The minimum Gasteiger partial charge on any atom is -0.302 e. The summed E-state index contributed by atoms with van der Waals surface area (Å²) in [6.07, 6.45) is 3.15. The molecule has 14 heavy (non-hydrogen) atoms. The molecule has 2 rings (SSSR count). The van der Waals surface area contributed by atoms with Crippen molar-refractivity contribution >= 4 is 0 Å². The lowest BCUT2D eigenvalue weighted by atomic mass is 10.1. The maximum absolute atomic E-state index is 4.49. The van der Waals surface area contributed by atoms with Crippen LogP contribution in [0.15, 0.2) is 6.20 Å². The Morgan fingerprint density at radius 2 is 2.07 bits per heavy atom. The van der Waals surface area contributed by atoms with Gasteiger partial charge in [0.25, 0.3) is 0 Å². The predicted molar refractivity (Wildman–Crippen MR) is 57.3 cm³/mol. The minimum atomic E-state index is 0.115. The Balaban J connectivity index is 2.38. The number of hydrogen-bond acceptors (Lipinski definition) is 2. The third kappa shape index (κ3) is 1.57. The molecule has 0 aromatic carbocycles. The van der Waals surface area contributed by atoms with E-state index < -0.39 is 0 Å². The Morgan fingerprint density at radius 3 is 2.71 bits per heavy atom. The van der Waals surface area contributed by atoms with Crippen LogP contribution in [0.4, 0.5) is 0 Å². The van der Waals surface area contributed by atoms with Gasteiger partial charge in [0.05, 0.1) is 11.7 Å². The monoisotopic (exact) mass is 193 g/mol. The molecule has 0 radical (unpaired) electrons. The fraction of sp³-hybridized carbons (Fsp3) is 0.727. The first-order valence-electron chi connectivity index (χ1n) is 5.23. The van der Waals surface area contributed by atoms with E-state index in [2.05, 4.69) is 42.5 Å². The Morgan fingerprint density at radius 1 is 1.36 bits per heavy atom. The zero-order valence-corrected chi connectivity index (χ0v) is 9.54. The molecule has 0 saturated carbocycles. The summed E-state index contributed by atoms with van der Waals surface area (Å²) in [7, 11) is 2.16. The van der Waals surface area contributed by atoms with Crippen LogP contribution in [0.25, 0.3) is 0 Å².